The maximum Gasteiger partial charge on any atom is 0.264 e. The third-order valence-corrected chi connectivity index (χ3v) is 11.6. The molecule has 4 aromatic rings. The molecule has 0 spiro atoms. The molecule has 0 atom stereocenters. The minimum atomic E-state index is -3.78. The highest BCUT2D eigenvalue weighted by atomic mass is 32.2. The van der Waals surface area contributed by atoms with Gasteiger partial charge in [0.15, 0.2) is 0 Å². The minimum absolute atomic E-state index is 0.257. The zero-order valence-electron chi connectivity index (χ0n) is 20.4. The first-order chi connectivity index (χ1) is 16.8. The van der Waals surface area contributed by atoms with Gasteiger partial charge in [0.1, 0.15) is 8.07 Å². The molecule has 0 aromatic heterocycles. The van der Waals surface area contributed by atoms with Gasteiger partial charge in [-0.15, -0.1) is 0 Å². The molecule has 4 rings (SSSR count). The van der Waals surface area contributed by atoms with Crippen LogP contribution < -0.4 is 5.19 Å². The van der Waals surface area contributed by atoms with Crippen molar-refractivity contribution in [1.29, 1.82) is 0 Å². The zero-order chi connectivity index (χ0) is 24.9. The summed E-state index contributed by atoms with van der Waals surface area (Å²) in [6.07, 6.45) is 1.89. The standard InChI is InChI=1S/C30H31NO2SSi/c1-25-19-21-28(22-20-25)34(32,33)31(23-26-13-7-4-8-14-26)24-30(27-15-9-5-10-16-27)35(2,3)29-17-11-6-12-18-29/h4-22,24H,23H2,1-3H3/b30-24+. The SMILES string of the molecule is Cc1ccc(S(=O)(=O)N(/C=C(\c2ccccc2)[Si](C)(C)c2ccccc2)Cc2ccccc2)cc1. The van der Waals surface area contributed by atoms with E-state index in [4.69, 9.17) is 0 Å². The topological polar surface area (TPSA) is 37.4 Å². The summed E-state index contributed by atoms with van der Waals surface area (Å²) in [6.45, 7) is 6.77. The van der Waals surface area contributed by atoms with Crippen LogP contribution in [0.15, 0.2) is 126 Å². The van der Waals surface area contributed by atoms with Gasteiger partial charge in [-0.25, -0.2) is 8.42 Å². The van der Waals surface area contributed by atoms with Crippen molar-refractivity contribution in [2.24, 2.45) is 0 Å². The minimum Gasteiger partial charge on any atom is -0.269 e. The number of rotatable bonds is 8. The summed E-state index contributed by atoms with van der Waals surface area (Å²) in [6, 6.07) is 37.4. The summed E-state index contributed by atoms with van der Waals surface area (Å²) >= 11 is 0. The van der Waals surface area contributed by atoms with Crippen LogP contribution in [0.5, 0.6) is 0 Å². The first-order valence-corrected chi connectivity index (χ1v) is 16.2. The van der Waals surface area contributed by atoms with Gasteiger partial charge in [-0.1, -0.05) is 127 Å². The lowest BCUT2D eigenvalue weighted by molar-refractivity contribution is 0.496. The summed E-state index contributed by atoms with van der Waals surface area (Å²) in [5, 5.41) is 2.32. The molecule has 0 heterocycles. The summed E-state index contributed by atoms with van der Waals surface area (Å²) in [4.78, 5) is 0.293. The molecule has 0 unspecified atom stereocenters. The van der Waals surface area contributed by atoms with Crippen LogP contribution in [0, 0.1) is 6.92 Å². The second-order valence-electron chi connectivity index (χ2n) is 9.25. The van der Waals surface area contributed by atoms with Gasteiger partial charge in [0.05, 0.1) is 11.4 Å². The van der Waals surface area contributed by atoms with Gasteiger partial charge < -0.3 is 0 Å². The van der Waals surface area contributed by atoms with Crippen LogP contribution in [0.2, 0.25) is 13.1 Å². The van der Waals surface area contributed by atoms with Gasteiger partial charge in [0.25, 0.3) is 10.0 Å². The van der Waals surface area contributed by atoms with Gasteiger partial charge in [-0.2, -0.15) is 0 Å². The number of hydrogen-bond acceptors (Lipinski definition) is 2. The molecule has 0 radical (unpaired) electrons. The molecule has 0 aliphatic carbocycles. The van der Waals surface area contributed by atoms with Crippen molar-refractivity contribution in [2.75, 3.05) is 0 Å². The van der Waals surface area contributed by atoms with Gasteiger partial charge in [-0.05, 0) is 35.4 Å². The molecule has 0 aliphatic heterocycles. The summed E-state index contributed by atoms with van der Waals surface area (Å²) in [5.41, 5.74) is 3.01. The lowest BCUT2D eigenvalue weighted by Crippen LogP contribution is -2.44. The molecule has 3 nitrogen and oxygen atoms in total. The fraction of sp³-hybridized carbons (Fsp3) is 0.133. The van der Waals surface area contributed by atoms with E-state index in [0.29, 0.717) is 4.90 Å². The van der Waals surface area contributed by atoms with Gasteiger partial charge >= 0.3 is 0 Å². The molecule has 178 valence electrons. The quantitative estimate of drug-likeness (QED) is 0.265. The molecule has 0 aliphatic rings. The maximum atomic E-state index is 14.0. The van der Waals surface area contributed by atoms with Crippen molar-refractivity contribution in [3.8, 4) is 0 Å². The lowest BCUT2D eigenvalue weighted by atomic mass is 10.2. The Hall–Kier alpha value is -3.41. The predicted molar refractivity (Wildman–Crippen MR) is 148 cm³/mol. The van der Waals surface area contributed by atoms with Gasteiger partial charge in [-0.3, -0.25) is 4.31 Å². The fourth-order valence-electron chi connectivity index (χ4n) is 4.18. The number of benzene rings is 4. The highest BCUT2D eigenvalue weighted by molar-refractivity contribution is 7.89. The third kappa shape index (κ3) is 5.64. The molecule has 0 saturated heterocycles. The van der Waals surface area contributed by atoms with Crippen molar-refractivity contribution < 1.29 is 8.42 Å². The molecule has 0 bridgehead atoms. The predicted octanol–water partition coefficient (Wildman–Crippen LogP) is 6.38. The van der Waals surface area contributed by atoms with E-state index in [9.17, 15) is 8.42 Å². The molecule has 0 saturated carbocycles. The Labute approximate surface area is 210 Å². The van der Waals surface area contributed by atoms with Crippen LogP contribution >= 0.6 is 0 Å². The average Bonchev–Trinajstić information content (AvgIpc) is 2.88. The molecule has 35 heavy (non-hydrogen) atoms. The van der Waals surface area contributed by atoms with E-state index in [1.165, 1.54) is 9.49 Å². The summed E-state index contributed by atoms with van der Waals surface area (Å²) in [5.74, 6) is 0. The average molecular weight is 498 g/mol. The second kappa shape index (κ2) is 10.5. The fourth-order valence-corrected chi connectivity index (χ4v) is 8.29. The van der Waals surface area contributed by atoms with Crippen molar-refractivity contribution >= 4 is 28.5 Å². The molecule has 0 amide bonds. The van der Waals surface area contributed by atoms with Crippen molar-refractivity contribution in [3.63, 3.8) is 0 Å². The van der Waals surface area contributed by atoms with Crippen LogP contribution in [0.4, 0.5) is 0 Å². The third-order valence-electron chi connectivity index (χ3n) is 6.34. The second-order valence-corrected chi connectivity index (χ2v) is 15.5. The Bertz CT molecular complexity index is 1380. The number of sulfonamides is 1. The number of hydrogen-bond donors (Lipinski definition) is 0. The van der Waals surface area contributed by atoms with E-state index in [-0.39, 0.29) is 6.54 Å². The number of aryl methyl sites for hydroxylation is 1. The van der Waals surface area contributed by atoms with Crippen LogP contribution in [0.1, 0.15) is 16.7 Å². The zero-order valence-corrected chi connectivity index (χ0v) is 22.2. The smallest absolute Gasteiger partial charge is 0.264 e. The molecule has 0 fully saturated rings. The highest BCUT2D eigenvalue weighted by Gasteiger charge is 2.32. The molecule has 5 heteroatoms. The van der Waals surface area contributed by atoms with E-state index in [1.807, 2.05) is 79.9 Å². The van der Waals surface area contributed by atoms with E-state index < -0.39 is 18.1 Å². The lowest BCUT2D eigenvalue weighted by Gasteiger charge is -2.30. The maximum absolute atomic E-state index is 14.0. The Kier molecular flexibility index (Phi) is 7.38. The van der Waals surface area contributed by atoms with Gasteiger partial charge in [0.2, 0.25) is 0 Å². The van der Waals surface area contributed by atoms with Crippen LogP contribution in [-0.2, 0) is 16.6 Å². The van der Waals surface area contributed by atoms with Crippen molar-refractivity contribution in [3.05, 3.63) is 138 Å². The van der Waals surface area contributed by atoms with Crippen molar-refractivity contribution in [2.45, 2.75) is 31.5 Å². The van der Waals surface area contributed by atoms with Crippen LogP contribution in [0.3, 0.4) is 0 Å². The van der Waals surface area contributed by atoms with Gasteiger partial charge in [0, 0.05) is 6.20 Å². The number of nitrogens with zero attached hydrogens (tertiary/aromatic N) is 1. The Morgan fingerprint density at radius 1 is 0.743 bits per heavy atom. The van der Waals surface area contributed by atoms with Crippen LogP contribution in [0.25, 0.3) is 5.20 Å². The Morgan fingerprint density at radius 3 is 1.83 bits per heavy atom. The molecule has 4 aromatic carbocycles. The monoisotopic (exact) mass is 497 g/mol. The summed E-state index contributed by atoms with van der Waals surface area (Å²) in [7, 11) is -6.05. The Morgan fingerprint density at radius 2 is 1.26 bits per heavy atom. The first-order valence-electron chi connectivity index (χ1n) is 11.7. The van der Waals surface area contributed by atoms with E-state index in [0.717, 1.165) is 21.9 Å². The van der Waals surface area contributed by atoms with E-state index in [1.54, 1.807) is 12.1 Å². The van der Waals surface area contributed by atoms with Crippen LogP contribution in [-0.4, -0.2) is 20.8 Å². The van der Waals surface area contributed by atoms with Crippen molar-refractivity contribution in [1.82, 2.24) is 4.31 Å². The normalized spacial score (nSPS) is 12.4. The van der Waals surface area contributed by atoms with E-state index in [2.05, 4.69) is 49.5 Å². The molecular formula is C30H31NO2SSi. The molecular weight excluding hydrogens is 466 g/mol. The Balaban J connectivity index is 1.91. The summed E-state index contributed by atoms with van der Waals surface area (Å²) < 4.78 is 29.5. The largest absolute Gasteiger partial charge is 0.269 e. The highest BCUT2D eigenvalue weighted by Crippen LogP contribution is 2.29. The van der Waals surface area contributed by atoms with E-state index >= 15 is 0 Å². The molecule has 0 N–H and O–H groups in total. The first kappa shape index (κ1) is 24.7.